The molecule has 0 aromatic heterocycles. The molecule has 0 heterocycles. The molecule has 4 N–H and O–H groups in total. The molecule has 9 nitrogen and oxygen atoms in total. The van der Waals surface area contributed by atoms with E-state index >= 15 is 0 Å². The Balaban J connectivity index is 4.01. The first-order chi connectivity index (χ1) is 6.93. The molecule has 0 atom stereocenters. The van der Waals surface area contributed by atoms with E-state index in [1.807, 2.05) is 0 Å². The fourth-order valence-electron chi connectivity index (χ4n) is 0.319. The number of urea groups is 1. The zero-order chi connectivity index (χ0) is 11.8. The second-order valence-electron chi connectivity index (χ2n) is 1.86. The minimum Gasteiger partial charge on any atom is -0.477 e. The molecule has 0 aromatic rings. The number of halogens is 1. The van der Waals surface area contributed by atoms with Crippen LogP contribution in [0.15, 0.2) is 10.2 Å². The molecule has 0 saturated carbocycles. The van der Waals surface area contributed by atoms with Gasteiger partial charge in [-0.3, -0.25) is 0 Å². The predicted octanol–water partition coefficient (Wildman–Crippen LogP) is -0.811. The molecule has 0 rings (SSSR count). The lowest BCUT2D eigenvalue weighted by atomic mass is 10.8. The van der Waals surface area contributed by atoms with Gasteiger partial charge in [-0.2, -0.15) is 10.2 Å². The topological polar surface area (TPSA) is 140 Å². The van der Waals surface area contributed by atoms with E-state index in [9.17, 15) is 14.4 Å². The van der Waals surface area contributed by atoms with E-state index in [0.717, 1.165) is 0 Å². The van der Waals surface area contributed by atoms with E-state index in [1.165, 1.54) is 22.6 Å². The fraction of sp³-hybridized carbons (Fsp3) is 0. The number of hydrogen-bond donors (Lipinski definition) is 4. The third kappa shape index (κ3) is 7.36. The quantitative estimate of drug-likeness (QED) is 0.303. The van der Waals surface area contributed by atoms with E-state index in [2.05, 4.69) is 10.2 Å². The van der Waals surface area contributed by atoms with Crippen molar-refractivity contribution in [2.75, 3.05) is 0 Å². The summed E-state index contributed by atoms with van der Waals surface area (Å²) in [7, 11) is 0. The van der Waals surface area contributed by atoms with Gasteiger partial charge in [-0.25, -0.2) is 25.2 Å². The van der Waals surface area contributed by atoms with Crippen molar-refractivity contribution in [3.05, 3.63) is 0 Å². The summed E-state index contributed by atoms with van der Waals surface area (Å²) in [5.41, 5.74) is 3.52. The maximum absolute atomic E-state index is 10.7. The molecule has 0 saturated heterocycles. The van der Waals surface area contributed by atoms with Crippen LogP contribution in [0.4, 0.5) is 4.79 Å². The maximum Gasteiger partial charge on any atom is 0.362 e. The smallest absolute Gasteiger partial charge is 0.362 e. The highest BCUT2D eigenvalue weighted by atomic mass is 127. The van der Waals surface area contributed by atoms with Gasteiger partial charge in [-0.05, 0) is 22.6 Å². The molecule has 0 bridgehead atoms. The Morgan fingerprint density at radius 1 is 1.20 bits per heavy atom. The lowest BCUT2D eigenvalue weighted by Gasteiger charge is -1.96. The Kier molecular flexibility index (Phi) is 5.92. The lowest BCUT2D eigenvalue weighted by molar-refractivity contribution is -0.129. The van der Waals surface area contributed by atoms with Gasteiger partial charge in [0, 0.05) is 0 Å². The summed E-state index contributed by atoms with van der Waals surface area (Å²) < 4.78 is -0.357. The normalized spacial score (nSPS) is 11.1. The number of nitrogens with zero attached hydrogens (tertiary/aromatic N) is 2. The molecule has 0 aliphatic rings. The highest BCUT2D eigenvalue weighted by molar-refractivity contribution is 14.1. The first kappa shape index (κ1) is 13.3. The summed E-state index contributed by atoms with van der Waals surface area (Å²) in [5.74, 6) is -2.64. The zero-order valence-corrected chi connectivity index (χ0v) is 9.13. The number of rotatable bonds is 4. The zero-order valence-electron chi connectivity index (χ0n) is 6.97. The largest absolute Gasteiger partial charge is 0.477 e. The second-order valence-corrected chi connectivity index (χ2v) is 2.88. The van der Waals surface area contributed by atoms with Gasteiger partial charge < -0.3 is 10.2 Å². The van der Waals surface area contributed by atoms with Gasteiger partial charge in [0.2, 0.25) is 3.72 Å². The van der Waals surface area contributed by atoms with Crippen molar-refractivity contribution >= 4 is 50.5 Å². The van der Waals surface area contributed by atoms with Crippen molar-refractivity contribution in [1.82, 2.24) is 10.9 Å². The average molecular weight is 328 g/mol. The number of carboxylic acid groups (broad SMARTS) is 2. The number of carbonyl (C=O) groups is 3. The van der Waals surface area contributed by atoms with Crippen molar-refractivity contribution in [3.8, 4) is 0 Å². The number of hydrogen-bond acceptors (Lipinski definition) is 5. The first-order valence-corrected chi connectivity index (χ1v) is 4.30. The summed E-state index contributed by atoms with van der Waals surface area (Å²) in [5, 5.41) is 22.5. The first-order valence-electron chi connectivity index (χ1n) is 3.22. The SMILES string of the molecule is O=C(O)/C=N/NC(=O)N/N=C(\I)C(=O)O. The minimum atomic E-state index is -1.33. The monoisotopic (exact) mass is 328 g/mol. The Bertz CT molecular complexity index is 338. The van der Waals surface area contributed by atoms with Crippen LogP contribution in [-0.2, 0) is 9.59 Å². The van der Waals surface area contributed by atoms with Crippen LogP contribution in [0.2, 0.25) is 0 Å². The van der Waals surface area contributed by atoms with Gasteiger partial charge in [0.25, 0.3) is 0 Å². The Morgan fingerprint density at radius 3 is 2.27 bits per heavy atom. The highest BCUT2D eigenvalue weighted by Crippen LogP contribution is 1.88. The number of hydrazone groups is 2. The Hall–Kier alpha value is -1.72. The summed E-state index contributed by atoms with van der Waals surface area (Å²) in [6.45, 7) is 0. The van der Waals surface area contributed by atoms with Gasteiger partial charge in [0.1, 0.15) is 6.21 Å². The second kappa shape index (κ2) is 6.69. The standard InChI is InChI=1S/C5H5IN4O5/c6-3(4(13)14)8-10-5(15)9-7-1-2(11)12/h1H,(H,11,12)(H,13,14)(H2,9,10,15)/b7-1+,8-3-. The number of aliphatic carboxylic acids is 2. The van der Waals surface area contributed by atoms with E-state index in [1.54, 1.807) is 10.9 Å². The molecule has 0 aromatic carbocycles. The molecular formula is C5H5IN4O5. The van der Waals surface area contributed by atoms with E-state index in [0.29, 0.717) is 6.21 Å². The molecular weight excluding hydrogens is 323 g/mol. The molecule has 0 spiro atoms. The summed E-state index contributed by atoms with van der Waals surface area (Å²) in [4.78, 5) is 30.8. The molecule has 82 valence electrons. The Morgan fingerprint density at radius 2 is 1.80 bits per heavy atom. The van der Waals surface area contributed by atoms with Crippen LogP contribution in [-0.4, -0.2) is 38.1 Å². The summed E-state index contributed by atoms with van der Waals surface area (Å²) in [6, 6.07) is -0.956. The van der Waals surface area contributed by atoms with Crippen LogP contribution in [0.5, 0.6) is 0 Å². The van der Waals surface area contributed by atoms with Crippen molar-refractivity contribution in [2.45, 2.75) is 0 Å². The lowest BCUT2D eigenvalue weighted by Crippen LogP contribution is -2.30. The van der Waals surface area contributed by atoms with Crippen LogP contribution >= 0.6 is 22.6 Å². The minimum absolute atomic E-state index is 0.357. The van der Waals surface area contributed by atoms with Crippen molar-refractivity contribution < 1.29 is 24.6 Å². The highest BCUT2D eigenvalue weighted by Gasteiger charge is 2.04. The predicted molar refractivity (Wildman–Crippen MR) is 56.9 cm³/mol. The van der Waals surface area contributed by atoms with E-state index in [4.69, 9.17) is 10.2 Å². The summed E-state index contributed by atoms with van der Waals surface area (Å²) >= 11 is 1.39. The van der Waals surface area contributed by atoms with Gasteiger partial charge in [0.05, 0.1) is 0 Å². The molecule has 10 heteroatoms. The van der Waals surface area contributed by atoms with Crippen LogP contribution in [0, 0.1) is 0 Å². The van der Waals surface area contributed by atoms with Gasteiger partial charge >= 0.3 is 18.0 Å². The number of carboxylic acids is 2. The van der Waals surface area contributed by atoms with Crippen LogP contribution in [0.3, 0.4) is 0 Å². The third-order valence-electron chi connectivity index (χ3n) is 0.773. The maximum atomic E-state index is 10.7. The molecule has 2 amide bonds. The molecule has 0 fully saturated rings. The van der Waals surface area contributed by atoms with Gasteiger partial charge in [-0.15, -0.1) is 0 Å². The molecule has 0 unspecified atom stereocenters. The van der Waals surface area contributed by atoms with Crippen molar-refractivity contribution in [1.29, 1.82) is 0 Å². The number of carbonyl (C=O) groups excluding carboxylic acids is 1. The van der Waals surface area contributed by atoms with Gasteiger partial charge in [0.15, 0.2) is 0 Å². The van der Waals surface area contributed by atoms with Crippen LogP contribution in [0.25, 0.3) is 0 Å². The Labute approximate surface area is 96.4 Å². The van der Waals surface area contributed by atoms with Crippen LogP contribution < -0.4 is 10.9 Å². The molecule has 0 radical (unpaired) electrons. The summed E-state index contributed by atoms with van der Waals surface area (Å²) in [6.07, 6.45) is 0.450. The number of nitrogens with one attached hydrogen (secondary N) is 2. The molecule has 0 aliphatic heterocycles. The average Bonchev–Trinajstić information content (AvgIpc) is 2.13. The number of amides is 2. The van der Waals surface area contributed by atoms with E-state index < -0.39 is 18.0 Å². The van der Waals surface area contributed by atoms with Crippen molar-refractivity contribution in [3.63, 3.8) is 0 Å². The molecule has 0 aliphatic carbocycles. The van der Waals surface area contributed by atoms with Gasteiger partial charge in [-0.1, -0.05) is 0 Å². The van der Waals surface area contributed by atoms with E-state index in [-0.39, 0.29) is 3.72 Å². The fourth-order valence-corrected chi connectivity index (χ4v) is 0.439. The molecule has 15 heavy (non-hydrogen) atoms. The van der Waals surface area contributed by atoms with Crippen molar-refractivity contribution in [2.24, 2.45) is 10.2 Å². The van der Waals surface area contributed by atoms with Crippen LogP contribution in [0.1, 0.15) is 0 Å². The third-order valence-corrected chi connectivity index (χ3v) is 1.48.